The molecule has 0 spiro atoms. The van der Waals surface area contributed by atoms with Crippen LogP contribution in [0.2, 0.25) is 0 Å². The lowest BCUT2D eigenvalue weighted by atomic mass is 9.98. The fourth-order valence-corrected chi connectivity index (χ4v) is 5.96. The topological polar surface area (TPSA) is 126 Å². The summed E-state index contributed by atoms with van der Waals surface area (Å²) in [5.74, 6) is -1.10. The summed E-state index contributed by atoms with van der Waals surface area (Å²) in [5, 5.41) is 6.04. The van der Waals surface area contributed by atoms with Crippen LogP contribution in [0.1, 0.15) is 26.0 Å². The number of sulfone groups is 1. The molecule has 2 atom stereocenters. The predicted molar refractivity (Wildman–Crippen MR) is 104 cm³/mol. The third-order valence-corrected chi connectivity index (χ3v) is 7.34. The quantitative estimate of drug-likeness (QED) is 0.709. The largest absolute Gasteiger partial charge is 0.458 e. The van der Waals surface area contributed by atoms with Crippen LogP contribution in [0, 0.1) is 0 Å². The lowest BCUT2D eigenvalue weighted by Crippen LogP contribution is -2.51. The van der Waals surface area contributed by atoms with Gasteiger partial charge in [-0.25, -0.2) is 13.2 Å². The van der Waals surface area contributed by atoms with Crippen molar-refractivity contribution in [1.82, 2.24) is 15.5 Å². The minimum absolute atomic E-state index is 0.00294. The molecule has 4 rings (SSSR count). The molecule has 10 heteroatoms. The second-order valence-corrected chi connectivity index (χ2v) is 10.2. The van der Waals surface area contributed by atoms with Gasteiger partial charge in [-0.1, -0.05) is 18.2 Å². The summed E-state index contributed by atoms with van der Waals surface area (Å²) in [6, 6.07) is 8.19. The number of carbonyl (C=O) groups excluding carboxylic acids is 3. The number of furan rings is 1. The molecule has 9 nitrogen and oxygen atoms in total. The molecule has 29 heavy (non-hydrogen) atoms. The number of fused-ring (bicyclic) bond motifs is 1. The number of rotatable bonds is 4. The van der Waals surface area contributed by atoms with E-state index in [1.807, 2.05) is 12.1 Å². The SMILES string of the molecule is C[C@]1(NC(=O)CN2C(=O)N[C@@](C)(c3cc4ccccc4o3)C2=O)CCS(=O)(=O)C1. The number of nitrogens with zero attached hydrogens (tertiary/aromatic N) is 1. The lowest BCUT2D eigenvalue weighted by Gasteiger charge is -2.25. The molecule has 154 valence electrons. The standard InChI is InChI=1S/C19H21N3O6S/c1-18(7-8-29(26,27)11-18)20-15(23)10-22-16(24)19(2,21-17(22)25)14-9-12-5-3-4-6-13(12)28-14/h3-6,9H,7-8,10-11H2,1-2H3,(H,20,23)(H,21,25)/t18-,19-/m0/s1. The Balaban J connectivity index is 1.51. The van der Waals surface area contributed by atoms with E-state index in [0.717, 1.165) is 10.3 Å². The number of para-hydroxylation sites is 1. The summed E-state index contributed by atoms with van der Waals surface area (Å²) in [5.41, 5.74) is -1.76. The molecule has 2 fully saturated rings. The molecule has 2 saturated heterocycles. The van der Waals surface area contributed by atoms with Crippen LogP contribution in [-0.2, 0) is 25.0 Å². The monoisotopic (exact) mass is 419 g/mol. The molecule has 1 aromatic carbocycles. The van der Waals surface area contributed by atoms with Crippen LogP contribution in [0.25, 0.3) is 11.0 Å². The van der Waals surface area contributed by atoms with Crippen LogP contribution >= 0.6 is 0 Å². The normalized spacial score (nSPS) is 28.7. The third kappa shape index (κ3) is 3.37. The van der Waals surface area contributed by atoms with Gasteiger partial charge in [0, 0.05) is 5.39 Å². The van der Waals surface area contributed by atoms with E-state index in [1.165, 1.54) is 6.92 Å². The number of benzene rings is 1. The Labute approximate surface area is 167 Å². The molecule has 2 aliphatic rings. The van der Waals surface area contributed by atoms with E-state index in [0.29, 0.717) is 5.58 Å². The number of hydrogen-bond donors (Lipinski definition) is 2. The molecule has 0 unspecified atom stereocenters. The zero-order valence-corrected chi connectivity index (χ0v) is 16.8. The van der Waals surface area contributed by atoms with Gasteiger partial charge < -0.3 is 15.1 Å². The van der Waals surface area contributed by atoms with E-state index in [9.17, 15) is 22.8 Å². The van der Waals surface area contributed by atoms with Gasteiger partial charge in [0.25, 0.3) is 5.91 Å². The molecule has 4 amide bonds. The van der Waals surface area contributed by atoms with E-state index in [-0.39, 0.29) is 23.7 Å². The van der Waals surface area contributed by atoms with Crippen LogP contribution in [0.3, 0.4) is 0 Å². The van der Waals surface area contributed by atoms with Gasteiger partial charge >= 0.3 is 6.03 Å². The molecule has 2 aliphatic heterocycles. The Morgan fingerprint density at radius 1 is 1.28 bits per heavy atom. The molecule has 3 heterocycles. The first-order valence-corrected chi connectivity index (χ1v) is 11.0. The van der Waals surface area contributed by atoms with Crippen LogP contribution in [0.5, 0.6) is 0 Å². The highest BCUT2D eigenvalue weighted by Gasteiger charge is 2.52. The van der Waals surface area contributed by atoms with E-state index < -0.39 is 45.3 Å². The molecule has 0 aliphatic carbocycles. The summed E-state index contributed by atoms with van der Waals surface area (Å²) < 4.78 is 29.1. The summed E-state index contributed by atoms with van der Waals surface area (Å²) >= 11 is 0. The Hall–Kier alpha value is -2.88. The van der Waals surface area contributed by atoms with E-state index in [4.69, 9.17) is 4.42 Å². The molecule has 2 aromatic rings. The molecule has 0 bridgehead atoms. The van der Waals surface area contributed by atoms with Gasteiger partial charge in [0.2, 0.25) is 5.91 Å². The van der Waals surface area contributed by atoms with Crippen molar-refractivity contribution in [2.75, 3.05) is 18.1 Å². The van der Waals surface area contributed by atoms with Gasteiger partial charge in [-0.2, -0.15) is 0 Å². The van der Waals surface area contributed by atoms with Crippen molar-refractivity contribution in [3.8, 4) is 0 Å². The maximum absolute atomic E-state index is 13.0. The van der Waals surface area contributed by atoms with E-state index in [1.54, 1.807) is 25.1 Å². The molecule has 0 radical (unpaired) electrons. The van der Waals surface area contributed by atoms with E-state index >= 15 is 0 Å². The molecule has 0 saturated carbocycles. The first-order chi connectivity index (χ1) is 13.5. The third-order valence-electron chi connectivity index (χ3n) is 5.44. The van der Waals surface area contributed by atoms with Crippen molar-refractivity contribution in [1.29, 1.82) is 0 Å². The van der Waals surface area contributed by atoms with Gasteiger partial charge in [-0.3, -0.25) is 14.5 Å². The minimum atomic E-state index is -3.20. The van der Waals surface area contributed by atoms with Gasteiger partial charge in [0.1, 0.15) is 17.9 Å². The van der Waals surface area contributed by atoms with Crippen molar-refractivity contribution in [2.24, 2.45) is 0 Å². The van der Waals surface area contributed by atoms with Gasteiger partial charge in [0.05, 0.1) is 17.0 Å². The van der Waals surface area contributed by atoms with Crippen molar-refractivity contribution >= 4 is 38.7 Å². The zero-order chi connectivity index (χ0) is 21.0. The van der Waals surface area contributed by atoms with Crippen molar-refractivity contribution < 1.29 is 27.2 Å². The number of carbonyl (C=O) groups is 3. The van der Waals surface area contributed by atoms with Gasteiger partial charge in [0.15, 0.2) is 15.4 Å². The summed E-state index contributed by atoms with van der Waals surface area (Å²) in [7, 11) is -3.20. The maximum atomic E-state index is 13.0. The lowest BCUT2D eigenvalue weighted by molar-refractivity contribution is -0.135. The summed E-state index contributed by atoms with van der Waals surface area (Å²) in [6.07, 6.45) is 0.290. The van der Waals surface area contributed by atoms with Crippen molar-refractivity contribution in [2.45, 2.75) is 31.3 Å². The minimum Gasteiger partial charge on any atom is -0.458 e. The van der Waals surface area contributed by atoms with E-state index in [2.05, 4.69) is 10.6 Å². The molecule has 1 aromatic heterocycles. The highest BCUT2D eigenvalue weighted by Crippen LogP contribution is 2.33. The van der Waals surface area contributed by atoms with Crippen LogP contribution in [-0.4, -0.2) is 54.8 Å². The highest BCUT2D eigenvalue weighted by molar-refractivity contribution is 7.91. The second-order valence-electron chi connectivity index (χ2n) is 8.05. The fraction of sp³-hybridized carbons (Fsp3) is 0.421. The maximum Gasteiger partial charge on any atom is 0.325 e. The Bertz CT molecular complexity index is 1110. The Morgan fingerprint density at radius 2 is 2.00 bits per heavy atom. The predicted octanol–water partition coefficient (Wildman–Crippen LogP) is 0.893. The number of imide groups is 1. The van der Waals surface area contributed by atoms with Gasteiger partial charge in [-0.05, 0) is 32.4 Å². The van der Waals surface area contributed by atoms with Gasteiger partial charge in [-0.15, -0.1) is 0 Å². The molecular formula is C19H21N3O6S. The smallest absolute Gasteiger partial charge is 0.325 e. The Morgan fingerprint density at radius 3 is 2.66 bits per heavy atom. The zero-order valence-electron chi connectivity index (χ0n) is 16.0. The highest BCUT2D eigenvalue weighted by atomic mass is 32.2. The first kappa shape index (κ1) is 19.4. The van der Waals surface area contributed by atoms with Crippen LogP contribution in [0.15, 0.2) is 34.7 Å². The number of urea groups is 1. The number of amides is 4. The summed E-state index contributed by atoms with van der Waals surface area (Å²) in [6.45, 7) is 2.66. The van der Waals surface area contributed by atoms with Crippen molar-refractivity contribution in [3.05, 3.63) is 36.1 Å². The Kier molecular flexibility index (Phi) is 4.23. The van der Waals surface area contributed by atoms with Crippen LogP contribution < -0.4 is 10.6 Å². The average molecular weight is 419 g/mol. The first-order valence-electron chi connectivity index (χ1n) is 9.16. The summed E-state index contributed by atoms with van der Waals surface area (Å²) in [4.78, 5) is 38.7. The number of hydrogen-bond acceptors (Lipinski definition) is 6. The fourth-order valence-electron chi connectivity index (χ4n) is 3.86. The molecular weight excluding hydrogens is 398 g/mol. The number of nitrogens with one attached hydrogen (secondary N) is 2. The average Bonchev–Trinajstić information content (AvgIpc) is 3.24. The van der Waals surface area contributed by atoms with Crippen LogP contribution in [0.4, 0.5) is 4.79 Å². The second kappa shape index (κ2) is 6.31. The van der Waals surface area contributed by atoms with Crippen molar-refractivity contribution in [3.63, 3.8) is 0 Å². The molecule has 2 N–H and O–H groups in total.